The van der Waals surface area contributed by atoms with Crippen molar-refractivity contribution in [3.63, 3.8) is 0 Å². The van der Waals surface area contributed by atoms with Gasteiger partial charge >= 0.3 is 0 Å². The normalized spacial score (nSPS) is 10.7. The molecule has 5 nitrogen and oxygen atoms in total. The number of hydrogen-bond donors (Lipinski definition) is 3. The molecule has 0 fully saturated rings. The lowest BCUT2D eigenvalue weighted by Gasteiger charge is -2.12. The van der Waals surface area contributed by atoms with Crippen molar-refractivity contribution in [3.05, 3.63) is 71.0 Å². The Hall–Kier alpha value is -2.16. The summed E-state index contributed by atoms with van der Waals surface area (Å²) in [7, 11) is 1.66. The fourth-order valence-corrected chi connectivity index (χ4v) is 2.26. The minimum absolute atomic E-state index is 0. The fourth-order valence-electron chi connectivity index (χ4n) is 2.26. The Labute approximate surface area is 163 Å². The van der Waals surface area contributed by atoms with Crippen LogP contribution in [0.1, 0.15) is 21.5 Å². The molecular formula is C18H22FIN4O. The number of carbonyl (C=O) groups excluding carboxylic acids is 1. The Kier molecular flexibility index (Phi) is 8.90. The highest BCUT2D eigenvalue weighted by Gasteiger charge is 2.04. The average Bonchev–Trinajstić information content (AvgIpc) is 2.59. The van der Waals surface area contributed by atoms with Crippen LogP contribution < -0.4 is 16.4 Å². The second-order valence-electron chi connectivity index (χ2n) is 5.26. The molecule has 0 aliphatic heterocycles. The van der Waals surface area contributed by atoms with Crippen LogP contribution in [0.2, 0.25) is 0 Å². The van der Waals surface area contributed by atoms with E-state index in [2.05, 4.69) is 15.6 Å². The van der Waals surface area contributed by atoms with E-state index in [4.69, 9.17) is 5.73 Å². The van der Waals surface area contributed by atoms with Gasteiger partial charge in [0.05, 0.1) is 0 Å². The summed E-state index contributed by atoms with van der Waals surface area (Å²) in [6.07, 6.45) is 0.560. The lowest BCUT2D eigenvalue weighted by molar-refractivity contribution is 0.1000. The molecule has 134 valence electrons. The Bertz CT molecular complexity index is 737. The standard InChI is InChI=1S/C18H21FN4O.HI/c1-21-18(22-10-9-14-6-2-3-8-16(14)19)23-12-13-5-4-7-15(11-13)17(20)24;/h2-8,11H,9-10,12H2,1H3,(H2,20,24)(H2,21,22,23);1H. The van der Waals surface area contributed by atoms with Gasteiger partial charge in [-0.1, -0.05) is 30.3 Å². The summed E-state index contributed by atoms with van der Waals surface area (Å²) in [4.78, 5) is 15.3. The maximum Gasteiger partial charge on any atom is 0.248 e. The Morgan fingerprint density at radius 2 is 1.92 bits per heavy atom. The van der Waals surface area contributed by atoms with Crippen molar-refractivity contribution in [1.82, 2.24) is 10.6 Å². The van der Waals surface area contributed by atoms with Gasteiger partial charge in [-0.05, 0) is 35.7 Å². The molecule has 2 aromatic rings. The van der Waals surface area contributed by atoms with Crippen molar-refractivity contribution in [2.45, 2.75) is 13.0 Å². The molecule has 0 aliphatic rings. The Balaban J connectivity index is 0.00000312. The first kappa shape index (κ1) is 20.9. The number of guanidine groups is 1. The monoisotopic (exact) mass is 456 g/mol. The summed E-state index contributed by atoms with van der Waals surface area (Å²) in [6.45, 7) is 1.06. The first-order valence-electron chi connectivity index (χ1n) is 7.67. The van der Waals surface area contributed by atoms with Crippen LogP contribution in [0.3, 0.4) is 0 Å². The summed E-state index contributed by atoms with van der Waals surface area (Å²) in [5.74, 6) is -0.0504. The highest BCUT2D eigenvalue weighted by atomic mass is 127. The number of primary amides is 1. The van der Waals surface area contributed by atoms with E-state index in [0.29, 0.717) is 36.6 Å². The van der Waals surface area contributed by atoms with Crippen LogP contribution in [0.25, 0.3) is 0 Å². The molecule has 0 saturated heterocycles. The van der Waals surface area contributed by atoms with Gasteiger partial charge in [-0.25, -0.2) is 4.39 Å². The molecule has 0 saturated carbocycles. The predicted octanol–water partition coefficient (Wildman–Crippen LogP) is 2.45. The summed E-state index contributed by atoms with van der Waals surface area (Å²) < 4.78 is 13.6. The summed E-state index contributed by atoms with van der Waals surface area (Å²) in [5.41, 5.74) is 7.32. The highest BCUT2D eigenvalue weighted by molar-refractivity contribution is 14.0. The SMILES string of the molecule is CN=C(NCCc1ccccc1F)NCc1cccc(C(N)=O)c1.I. The topological polar surface area (TPSA) is 79.5 Å². The van der Waals surface area contributed by atoms with Crippen molar-refractivity contribution < 1.29 is 9.18 Å². The number of nitrogens with one attached hydrogen (secondary N) is 2. The lowest BCUT2D eigenvalue weighted by Crippen LogP contribution is -2.38. The molecule has 1 amide bonds. The van der Waals surface area contributed by atoms with E-state index in [1.54, 1.807) is 37.4 Å². The minimum atomic E-state index is -0.454. The molecule has 0 bridgehead atoms. The number of aliphatic imine (C=N–C) groups is 1. The fraction of sp³-hybridized carbons (Fsp3) is 0.222. The molecule has 0 aromatic heterocycles. The van der Waals surface area contributed by atoms with Crippen molar-refractivity contribution in [2.24, 2.45) is 10.7 Å². The molecule has 2 aromatic carbocycles. The molecule has 2 rings (SSSR count). The number of halogens is 2. The first-order valence-corrected chi connectivity index (χ1v) is 7.67. The number of amides is 1. The van der Waals surface area contributed by atoms with Crippen molar-refractivity contribution in [1.29, 1.82) is 0 Å². The molecule has 25 heavy (non-hydrogen) atoms. The van der Waals surface area contributed by atoms with Crippen LogP contribution in [0.15, 0.2) is 53.5 Å². The van der Waals surface area contributed by atoms with Gasteiger partial charge < -0.3 is 16.4 Å². The van der Waals surface area contributed by atoms with Crippen LogP contribution in [0, 0.1) is 5.82 Å². The number of benzene rings is 2. The molecule has 4 N–H and O–H groups in total. The van der Waals surface area contributed by atoms with Crippen molar-refractivity contribution in [3.8, 4) is 0 Å². The van der Waals surface area contributed by atoms with Gasteiger partial charge in [-0.2, -0.15) is 0 Å². The van der Waals surface area contributed by atoms with Crippen LogP contribution in [0.4, 0.5) is 4.39 Å². The van der Waals surface area contributed by atoms with E-state index in [1.807, 2.05) is 12.1 Å². The van der Waals surface area contributed by atoms with E-state index in [0.717, 1.165) is 5.56 Å². The molecular weight excluding hydrogens is 434 g/mol. The molecule has 0 unspecified atom stereocenters. The zero-order valence-corrected chi connectivity index (χ0v) is 16.3. The smallest absolute Gasteiger partial charge is 0.248 e. The average molecular weight is 456 g/mol. The molecule has 0 aliphatic carbocycles. The number of hydrogen-bond acceptors (Lipinski definition) is 2. The van der Waals surface area contributed by atoms with Gasteiger partial charge in [0, 0.05) is 25.7 Å². The third-order valence-corrected chi connectivity index (χ3v) is 3.54. The maximum atomic E-state index is 13.6. The zero-order valence-electron chi connectivity index (χ0n) is 14.0. The van der Waals surface area contributed by atoms with Crippen LogP contribution >= 0.6 is 24.0 Å². The van der Waals surface area contributed by atoms with Gasteiger partial charge in [0.25, 0.3) is 0 Å². The Morgan fingerprint density at radius 3 is 2.60 bits per heavy atom. The summed E-state index contributed by atoms with van der Waals surface area (Å²) in [6, 6.07) is 13.8. The third kappa shape index (κ3) is 6.69. The number of rotatable bonds is 6. The van der Waals surface area contributed by atoms with Crippen LogP contribution in [0.5, 0.6) is 0 Å². The maximum absolute atomic E-state index is 13.6. The molecule has 7 heteroatoms. The first-order chi connectivity index (χ1) is 11.6. The molecule has 0 spiro atoms. The summed E-state index contributed by atoms with van der Waals surface area (Å²) >= 11 is 0. The van der Waals surface area contributed by atoms with Crippen LogP contribution in [-0.4, -0.2) is 25.5 Å². The lowest BCUT2D eigenvalue weighted by atomic mass is 10.1. The highest BCUT2D eigenvalue weighted by Crippen LogP contribution is 2.06. The van der Waals surface area contributed by atoms with E-state index in [-0.39, 0.29) is 29.8 Å². The Morgan fingerprint density at radius 1 is 1.16 bits per heavy atom. The molecule has 0 heterocycles. The van der Waals surface area contributed by atoms with E-state index in [9.17, 15) is 9.18 Å². The van der Waals surface area contributed by atoms with Gasteiger partial charge in [0.15, 0.2) is 5.96 Å². The zero-order chi connectivity index (χ0) is 17.4. The largest absolute Gasteiger partial charge is 0.366 e. The number of carbonyl (C=O) groups is 1. The van der Waals surface area contributed by atoms with Gasteiger partial charge in [0.1, 0.15) is 5.82 Å². The van der Waals surface area contributed by atoms with Crippen molar-refractivity contribution >= 4 is 35.8 Å². The summed E-state index contributed by atoms with van der Waals surface area (Å²) in [5, 5.41) is 6.28. The second kappa shape index (κ2) is 10.7. The molecule has 0 radical (unpaired) electrons. The minimum Gasteiger partial charge on any atom is -0.366 e. The van der Waals surface area contributed by atoms with E-state index >= 15 is 0 Å². The number of nitrogens with zero attached hydrogens (tertiary/aromatic N) is 1. The van der Waals surface area contributed by atoms with Gasteiger partial charge in [0.2, 0.25) is 5.91 Å². The predicted molar refractivity (Wildman–Crippen MR) is 109 cm³/mol. The van der Waals surface area contributed by atoms with E-state index in [1.165, 1.54) is 6.07 Å². The van der Waals surface area contributed by atoms with Gasteiger partial charge in [-0.15, -0.1) is 24.0 Å². The van der Waals surface area contributed by atoms with Crippen molar-refractivity contribution in [2.75, 3.05) is 13.6 Å². The third-order valence-electron chi connectivity index (χ3n) is 3.54. The van der Waals surface area contributed by atoms with E-state index < -0.39 is 5.91 Å². The molecule has 0 atom stereocenters. The second-order valence-corrected chi connectivity index (χ2v) is 5.26. The number of nitrogens with two attached hydrogens (primary N) is 1. The van der Waals surface area contributed by atoms with Crippen LogP contribution in [-0.2, 0) is 13.0 Å². The van der Waals surface area contributed by atoms with Gasteiger partial charge in [-0.3, -0.25) is 9.79 Å². The quantitative estimate of drug-likeness (QED) is 0.355.